The highest BCUT2D eigenvalue weighted by Gasteiger charge is 2.26. The Balaban J connectivity index is 3.91. The number of halogens is 4. The van der Waals surface area contributed by atoms with E-state index in [0.717, 1.165) is 0 Å². The molecule has 0 aliphatic carbocycles. The molecule has 0 aliphatic heterocycles. The minimum absolute atomic E-state index is 0.0452. The first-order valence-corrected chi connectivity index (χ1v) is 8.47. The van der Waals surface area contributed by atoms with Gasteiger partial charge in [-0.25, -0.2) is 4.57 Å². The molecule has 0 aromatic heterocycles. The Morgan fingerprint density at radius 3 is 2.60 bits per heavy atom. The summed E-state index contributed by atoms with van der Waals surface area (Å²) in [6.07, 6.45) is 0.271. The Hall–Kier alpha value is 1.65. The molecule has 0 aromatic carbocycles. The van der Waals surface area contributed by atoms with Gasteiger partial charge in [0.1, 0.15) is 5.56 Å². The molecule has 0 rings (SSSR count). The van der Waals surface area contributed by atoms with Crippen molar-refractivity contribution in [3.8, 4) is 0 Å². The van der Waals surface area contributed by atoms with Crippen LogP contribution in [0.4, 0.5) is 0 Å². The highest BCUT2D eigenvalue weighted by Crippen LogP contribution is 2.46. The van der Waals surface area contributed by atoms with E-state index in [1.807, 2.05) is 0 Å². The number of hydrogen-bond donors (Lipinski definition) is 1. The van der Waals surface area contributed by atoms with Gasteiger partial charge in [0.15, 0.2) is 0 Å². The van der Waals surface area contributed by atoms with E-state index in [9.17, 15) is 9.46 Å². The highest BCUT2D eigenvalue weighted by atomic mass is 79.9. The number of alkyl halides is 4. The Morgan fingerprint density at radius 1 is 1.53 bits per heavy atom. The molecular weight excluding hydrogens is 398 g/mol. The predicted molar refractivity (Wildman–Crippen MR) is 68.3 cm³/mol. The van der Waals surface area contributed by atoms with Gasteiger partial charge in [0.05, 0.1) is 6.61 Å². The van der Waals surface area contributed by atoms with Gasteiger partial charge in [-0.1, -0.05) is 43.5 Å². The maximum atomic E-state index is 11.3. The van der Waals surface area contributed by atoms with E-state index in [-0.39, 0.29) is 23.7 Å². The lowest BCUT2D eigenvalue weighted by molar-refractivity contribution is 0.137. The lowest BCUT2D eigenvalue weighted by atomic mass is 10.5. The van der Waals surface area contributed by atoms with Crippen molar-refractivity contribution in [1.29, 1.82) is 0 Å². The van der Waals surface area contributed by atoms with Crippen molar-refractivity contribution in [2.24, 2.45) is 0 Å². The lowest BCUT2D eigenvalue weighted by Crippen LogP contribution is -2.11. The topological polar surface area (TPSA) is 55.8 Å². The van der Waals surface area contributed by atoms with Gasteiger partial charge in [-0.3, -0.25) is 9.05 Å². The molecule has 0 radical (unpaired) electrons. The summed E-state index contributed by atoms with van der Waals surface area (Å²) in [4.78, 5) is 9.14. The van der Waals surface area contributed by atoms with E-state index in [1.54, 1.807) is 0 Å². The first kappa shape index (κ1) is 16.6. The molecule has 3 unspecified atom stereocenters. The maximum Gasteiger partial charge on any atom is 0.473 e. The normalized spacial score (nSPS) is 19.5. The summed E-state index contributed by atoms with van der Waals surface area (Å²) < 4.78 is 20.6. The molecule has 1 N–H and O–H groups in total. The standard InChI is InChI=1S/C6H11Br2Cl2O4P/c7-3-5(8)4-13-15(11,12)14-6(10)1-2-9/h5-6H,1-4H2,(H,11,12). The van der Waals surface area contributed by atoms with Crippen molar-refractivity contribution in [1.82, 2.24) is 0 Å². The van der Waals surface area contributed by atoms with Gasteiger partial charge in [0, 0.05) is 22.5 Å². The zero-order valence-electron chi connectivity index (χ0n) is 7.61. The van der Waals surface area contributed by atoms with Crippen molar-refractivity contribution in [3.05, 3.63) is 0 Å². The maximum absolute atomic E-state index is 11.3. The molecule has 92 valence electrons. The fourth-order valence-electron chi connectivity index (χ4n) is 0.533. The monoisotopic (exact) mass is 406 g/mol. The van der Waals surface area contributed by atoms with Crippen LogP contribution in [0.3, 0.4) is 0 Å². The van der Waals surface area contributed by atoms with Crippen LogP contribution in [0.15, 0.2) is 0 Å². The van der Waals surface area contributed by atoms with Gasteiger partial charge in [-0.05, 0) is 0 Å². The molecule has 0 heterocycles. The highest BCUT2D eigenvalue weighted by molar-refractivity contribution is 9.12. The van der Waals surface area contributed by atoms with Crippen LogP contribution in [0, 0.1) is 0 Å². The lowest BCUT2D eigenvalue weighted by Gasteiger charge is -2.16. The van der Waals surface area contributed by atoms with Crippen LogP contribution in [0.2, 0.25) is 0 Å². The second kappa shape index (κ2) is 8.70. The third kappa shape index (κ3) is 9.36. The van der Waals surface area contributed by atoms with Crippen LogP contribution >= 0.6 is 62.9 Å². The molecule has 4 nitrogen and oxygen atoms in total. The fourth-order valence-corrected chi connectivity index (χ4v) is 2.60. The van der Waals surface area contributed by atoms with Gasteiger partial charge in [0.2, 0.25) is 0 Å². The number of phosphoric ester groups is 1. The first-order valence-electron chi connectivity index (χ1n) is 3.97. The quantitative estimate of drug-likeness (QED) is 0.493. The second-order valence-corrected chi connectivity index (χ2v) is 6.72. The van der Waals surface area contributed by atoms with E-state index in [0.29, 0.717) is 5.33 Å². The summed E-state index contributed by atoms with van der Waals surface area (Å²) in [5, 5.41) is 0.596. The zero-order valence-corrected chi connectivity index (χ0v) is 13.2. The van der Waals surface area contributed by atoms with E-state index in [2.05, 4.69) is 40.9 Å². The van der Waals surface area contributed by atoms with E-state index in [4.69, 9.17) is 23.2 Å². The summed E-state index contributed by atoms with van der Waals surface area (Å²) in [6.45, 7) is 0.0452. The molecule has 0 aromatic rings. The van der Waals surface area contributed by atoms with Gasteiger partial charge in [-0.15, -0.1) is 11.6 Å². The molecule has 0 amide bonds. The smallest absolute Gasteiger partial charge is 0.302 e. The summed E-state index contributed by atoms with van der Waals surface area (Å²) in [7, 11) is -4.09. The zero-order chi connectivity index (χ0) is 11.9. The molecule has 0 saturated carbocycles. The average Bonchev–Trinajstić information content (AvgIpc) is 2.13. The fraction of sp³-hybridized carbons (Fsp3) is 1.00. The van der Waals surface area contributed by atoms with Crippen LogP contribution in [0.5, 0.6) is 0 Å². The molecule has 3 atom stereocenters. The van der Waals surface area contributed by atoms with Crippen molar-refractivity contribution < 1.29 is 18.5 Å². The Morgan fingerprint density at radius 2 is 2.13 bits per heavy atom. The Kier molecular flexibility index (Phi) is 9.66. The van der Waals surface area contributed by atoms with Crippen LogP contribution in [-0.4, -0.2) is 33.1 Å². The second-order valence-electron chi connectivity index (χ2n) is 2.51. The van der Waals surface area contributed by atoms with Crippen LogP contribution in [0.1, 0.15) is 6.42 Å². The Labute approximate surface area is 115 Å². The summed E-state index contributed by atoms with van der Waals surface area (Å²) >= 11 is 17.3. The van der Waals surface area contributed by atoms with Gasteiger partial charge < -0.3 is 4.89 Å². The van der Waals surface area contributed by atoms with E-state index < -0.39 is 13.4 Å². The van der Waals surface area contributed by atoms with Crippen molar-refractivity contribution in [2.75, 3.05) is 17.8 Å². The molecular formula is C6H11Br2Cl2O4P. The number of rotatable bonds is 8. The SMILES string of the molecule is O=P(O)(OCC(Br)CBr)OC(Cl)CCCl. The third-order valence-electron chi connectivity index (χ3n) is 1.17. The average molecular weight is 409 g/mol. The summed E-state index contributed by atoms with van der Waals surface area (Å²) in [5.41, 5.74) is -0.920. The summed E-state index contributed by atoms with van der Waals surface area (Å²) in [5.74, 6) is 0.247. The van der Waals surface area contributed by atoms with Gasteiger partial charge in [-0.2, -0.15) is 0 Å². The van der Waals surface area contributed by atoms with Crippen molar-refractivity contribution >= 4 is 62.9 Å². The number of phosphoric acid groups is 1. The van der Waals surface area contributed by atoms with Crippen LogP contribution in [0.25, 0.3) is 0 Å². The largest absolute Gasteiger partial charge is 0.473 e. The molecule has 0 bridgehead atoms. The van der Waals surface area contributed by atoms with Crippen molar-refractivity contribution in [3.63, 3.8) is 0 Å². The van der Waals surface area contributed by atoms with E-state index in [1.165, 1.54) is 0 Å². The Bertz CT molecular complexity index is 221. The third-order valence-corrected chi connectivity index (χ3v) is 5.05. The van der Waals surface area contributed by atoms with E-state index >= 15 is 0 Å². The first-order chi connectivity index (χ1) is 6.91. The molecule has 0 saturated heterocycles. The molecule has 15 heavy (non-hydrogen) atoms. The molecule has 0 fully saturated rings. The van der Waals surface area contributed by atoms with Gasteiger partial charge in [0.25, 0.3) is 0 Å². The van der Waals surface area contributed by atoms with Crippen molar-refractivity contribution in [2.45, 2.75) is 16.8 Å². The molecule has 9 heteroatoms. The van der Waals surface area contributed by atoms with Crippen LogP contribution < -0.4 is 0 Å². The number of hydrogen-bond acceptors (Lipinski definition) is 3. The predicted octanol–water partition coefficient (Wildman–Crippen LogP) is 3.47. The molecule has 0 spiro atoms. The molecule has 0 aliphatic rings. The van der Waals surface area contributed by atoms with Gasteiger partial charge >= 0.3 is 7.82 Å². The summed E-state index contributed by atoms with van der Waals surface area (Å²) in [6, 6.07) is 0. The minimum atomic E-state index is -4.09. The van der Waals surface area contributed by atoms with Crippen LogP contribution in [-0.2, 0) is 13.6 Å². The minimum Gasteiger partial charge on any atom is -0.302 e.